The number of aliphatic hydroxyl groups excluding tert-OH is 1. The zero-order valence-electron chi connectivity index (χ0n) is 8.16. The third kappa shape index (κ3) is 2.92. The number of benzene rings is 1. The molecule has 0 fully saturated rings. The minimum absolute atomic E-state index is 0.00468. The molecule has 0 spiro atoms. The zero-order chi connectivity index (χ0) is 11.3. The van der Waals surface area contributed by atoms with Crippen molar-refractivity contribution in [1.82, 2.24) is 0 Å². The summed E-state index contributed by atoms with van der Waals surface area (Å²) in [6, 6.07) is 4.24. The Balaban J connectivity index is 2.86. The predicted octanol–water partition coefficient (Wildman–Crippen LogP) is 0.871. The topological polar surface area (TPSA) is 79.3 Å². The van der Waals surface area contributed by atoms with E-state index in [1.807, 2.05) is 0 Å². The molecule has 1 aromatic carbocycles. The largest absolute Gasteiger partial charge is 0.493 e. The maximum absolute atomic E-state index is 13.3. The van der Waals surface area contributed by atoms with E-state index < -0.39 is 5.82 Å². The third-order valence-electron chi connectivity index (χ3n) is 1.80. The molecule has 15 heavy (non-hydrogen) atoms. The number of nitrogens with two attached hydrogens (primary N) is 1. The van der Waals surface area contributed by atoms with E-state index >= 15 is 0 Å². The van der Waals surface area contributed by atoms with Crippen LogP contribution in [-0.2, 0) is 0 Å². The second-order valence-corrected chi connectivity index (χ2v) is 2.95. The van der Waals surface area contributed by atoms with Gasteiger partial charge in [0.1, 0.15) is 17.4 Å². The van der Waals surface area contributed by atoms with Gasteiger partial charge in [0.2, 0.25) is 0 Å². The maximum Gasteiger partial charge on any atom is 0.137 e. The molecule has 0 saturated carbocycles. The molecule has 0 radical (unpaired) electrons. The lowest BCUT2D eigenvalue weighted by molar-refractivity contribution is 0.233. The number of amidine groups is 1. The Morgan fingerprint density at radius 1 is 1.53 bits per heavy atom. The predicted molar refractivity (Wildman–Crippen MR) is 54.6 cm³/mol. The minimum Gasteiger partial charge on any atom is -0.493 e. The number of hydrogen-bond donors (Lipinski definition) is 3. The quantitative estimate of drug-likeness (QED) is 0.385. The van der Waals surface area contributed by atoms with Gasteiger partial charge >= 0.3 is 0 Å². The molecule has 0 amide bonds. The Hall–Kier alpha value is -1.62. The Labute approximate surface area is 87.0 Å². The summed E-state index contributed by atoms with van der Waals surface area (Å²) >= 11 is 0. The molecule has 4 N–H and O–H groups in total. The molecule has 0 aliphatic carbocycles. The van der Waals surface area contributed by atoms with Gasteiger partial charge in [-0.3, -0.25) is 5.41 Å². The lowest BCUT2D eigenvalue weighted by atomic mass is 10.1. The van der Waals surface area contributed by atoms with E-state index in [1.54, 1.807) is 0 Å². The molecule has 0 atom stereocenters. The zero-order valence-corrected chi connectivity index (χ0v) is 8.16. The first-order chi connectivity index (χ1) is 7.16. The van der Waals surface area contributed by atoms with Crippen LogP contribution in [0.2, 0.25) is 0 Å². The van der Waals surface area contributed by atoms with Gasteiger partial charge < -0.3 is 15.6 Å². The van der Waals surface area contributed by atoms with E-state index in [9.17, 15) is 4.39 Å². The van der Waals surface area contributed by atoms with Crippen LogP contribution in [0.4, 0.5) is 4.39 Å². The van der Waals surface area contributed by atoms with E-state index in [1.165, 1.54) is 18.2 Å². The van der Waals surface area contributed by atoms with Crippen molar-refractivity contribution in [2.75, 3.05) is 13.2 Å². The molecule has 1 aromatic rings. The van der Waals surface area contributed by atoms with Crippen molar-refractivity contribution in [3.63, 3.8) is 0 Å². The summed E-state index contributed by atoms with van der Waals surface area (Å²) in [6.45, 7) is 0.269. The molecular formula is C10H13FN2O2. The van der Waals surface area contributed by atoms with Crippen LogP contribution in [0.3, 0.4) is 0 Å². The number of halogens is 1. The van der Waals surface area contributed by atoms with Crippen LogP contribution in [0.5, 0.6) is 5.75 Å². The summed E-state index contributed by atoms with van der Waals surface area (Å²) < 4.78 is 18.5. The number of ether oxygens (including phenoxy) is 1. The highest BCUT2D eigenvalue weighted by atomic mass is 19.1. The van der Waals surface area contributed by atoms with Gasteiger partial charge in [-0.15, -0.1) is 0 Å². The molecule has 0 aliphatic rings. The van der Waals surface area contributed by atoms with Gasteiger partial charge in [-0.1, -0.05) is 6.07 Å². The van der Waals surface area contributed by atoms with Gasteiger partial charge in [-0.2, -0.15) is 0 Å². The summed E-state index contributed by atoms with van der Waals surface area (Å²) in [4.78, 5) is 0. The highest BCUT2D eigenvalue weighted by Crippen LogP contribution is 2.20. The van der Waals surface area contributed by atoms with Crippen molar-refractivity contribution in [1.29, 1.82) is 5.41 Å². The number of aliphatic hydroxyl groups is 1. The SMILES string of the molecule is N=C(N)c1c(F)cccc1OCCCO. The fourth-order valence-electron chi connectivity index (χ4n) is 1.13. The molecule has 0 bridgehead atoms. The second kappa shape index (κ2) is 5.31. The van der Waals surface area contributed by atoms with E-state index in [2.05, 4.69) is 0 Å². The molecule has 82 valence electrons. The van der Waals surface area contributed by atoms with Crippen LogP contribution in [-0.4, -0.2) is 24.2 Å². The van der Waals surface area contributed by atoms with Gasteiger partial charge in [-0.05, 0) is 12.1 Å². The van der Waals surface area contributed by atoms with Crippen LogP contribution >= 0.6 is 0 Å². The number of nitrogens with one attached hydrogen (secondary N) is 1. The first kappa shape index (κ1) is 11.5. The monoisotopic (exact) mass is 212 g/mol. The molecule has 0 unspecified atom stereocenters. The summed E-state index contributed by atoms with van der Waals surface area (Å²) in [5.74, 6) is -0.716. The van der Waals surface area contributed by atoms with Gasteiger partial charge in [0.05, 0.1) is 12.2 Å². The van der Waals surface area contributed by atoms with Crippen LogP contribution in [0.25, 0.3) is 0 Å². The van der Waals surface area contributed by atoms with Crippen molar-refractivity contribution in [3.8, 4) is 5.75 Å². The maximum atomic E-state index is 13.3. The summed E-state index contributed by atoms with van der Waals surface area (Å²) in [5, 5.41) is 15.8. The molecular weight excluding hydrogens is 199 g/mol. The fraction of sp³-hybridized carbons (Fsp3) is 0.300. The lowest BCUT2D eigenvalue weighted by Crippen LogP contribution is -2.15. The molecule has 0 saturated heterocycles. The van der Waals surface area contributed by atoms with E-state index in [0.717, 1.165) is 0 Å². The van der Waals surface area contributed by atoms with Crippen molar-refractivity contribution < 1.29 is 14.2 Å². The van der Waals surface area contributed by atoms with Gasteiger partial charge in [0.15, 0.2) is 0 Å². The summed E-state index contributed by atoms with van der Waals surface area (Å²) in [7, 11) is 0. The van der Waals surface area contributed by atoms with Gasteiger partial charge in [0.25, 0.3) is 0 Å². The van der Waals surface area contributed by atoms with E-state index in [-0.39, 0.29) is 30.4 Å². The second-order valence-electron chi connectivity index (χ2n) is 2.95. The summed E-state index contributed by atoms with van der Waals surface area (Å²) in [6.07, 6.45) is 0.452. The Morgan fingerprint density at radius 2 is 2.27 bits per heavy atom. The van der Waals surface area contributed by atoms with Crippen molar-refractivity contribution in [2.24, 2.45) is 5.73 Å². The molecule has 0 aliphatic heterocycles. The van der Waals surface area contributed by atoms with E-state index in [4.69, 9.17) is 21.0 Å². The molecule has 4 nitrogen and oxygen atoms in total. The number of hydrogen-bond acceptors (Lipinski definition) is 3. The molecule has 1 rings (SSSR count). The lowest BCUT2D eigenvalue weighted by Gasteiger charge is -2.10. The average Bonchev–Trinajstić information content (AvgIpc) is 2.17. The van der Waals surface area contributed by atoms with Crippen LogP contribution < -0.4 is 10.5 Å². The smallest absolute Gasteiger partial charge is 0.137 e. The summed E-state index contributed by atoms with van der Waals surface area (Å²) in [5.41, 5.74) is 5.20. The van der Waals surface area contributed by atoms with Crippen molar-refractivity contribution in [2.45, 2.75) is 6.42 Å². The number of nitrogen functional groups attached to an aromatic ring is 1. The first-order valence-corrected chi connectivity index (χ1v) is 4.53. The average molecular weight is 212 g/mol. The van der Waals surface area contributed by atoms with Crippen molar-refractivity contribution in [3.05, 3.63) is 29.6 Å². The fourth-order valence-corrected chi connectivity index (χ4v) is 1.13. The highest BCUT2D eigenvalue weighted by Gasteiger charge is 2.11. The van der Waals surface area contributed by atoms with Gasteiger partial charge in [0, 0.05) is 13.0 Å². The number of rotatable bonds is 5. The van der Waals surface area contributed by atoms with Crippen LogP contribution in [0.15, 0.2) is 18.2 Å². The normalized spacial score (nSPS) is 10.0. The Kier molecular flexibility index (Phi) is 4.05. The minimum atomic E-state index is -0.580. The van der Waals surface area contributed by atoms with Gasteiger partial charge in [-0.25, -0.2) is 4.39 Å². The Morgan fingerprint density at radius 3 is 2.87 bits per heavy atom. The highest BCUT2D eigenvalue weighted by molar-refractivity contribution is 5.97. The molecule has 0 aromatic heterocycles. The third-order valence-corrected chi connectivity index (χ3v) is 1.80. The standard InChI is InChI=1S/C10H13FN2O2/c11-7-3-1-4-8(9(7)10(12)13)15-6-2-5-14/h1,3-4,14H,2,5-6H2,(H3,12,13). The van der Waals surface area contributed by atoms with Crippen LogP contribution in [0, 0.1) is 11.2 Å². The van der Waals surface area contributed by atoms with Crippen molar-refractivity contribution >= 4 is 5.84 Å². The van der Waals surface area contributed by atoms with Crippen LogP contribution in [0.1, 0.15) is 12.0 Å². The molecule has 5 heteroatoms. The Bertz CT molecular complexity index is 355. The first-order valence-electron chi connectivity index (χ1n) is 4.53. The molecule has 0 heterocycles. The van der Waals surface area contributed by atoms with E-state index in [0.29, 0.717) is 6.42 Å².